The summed E-state index contributed by atoms with van der Waals surface area (Å²) < 4.78 is 0.395. The highest BCUT2D eigenvalue weighted by atomic mass is 32.2. The number of nitrogens with zero attached hydrogens (tertiary/aromatic N) is 1. The van der Waals surface area contributed by atoms with Gasteiger partial charge in [0.1, 0.15) is 10.4 Å². The van der Waals surface area contributed by atoms with Gasteiger partial charge in [0, 0.05) is 13.0 Å². The summed E-state index contributed by atoms with van der Waals surface area (Å²) in [6, 6.07) is 8.51. The van der Waals surface area contributed by atoms with E-state index in [2.05, 4.69) is 5.32 Å². The first-order chi connectivity index (χ1) is 12.8. The average Bonchev–Trinajstić information content (AvgIpc) is 2.86. The van der Waals surface area contributed by atoms with Crippen molar-refractivity contribution in [2.45, 2.75) is 32.7 Å². The van der Waals surface area contributed by atoms with Gasteiger partial charge in [-0.2, -0.15) is 0 Å². The summed E-state index contributed by atoms with van der Waals surface area (Å²) >= 11 is 6.45. The van der Waals surface area contributed by atoms with Crippen molar-refractivity contribution in [3.8, 4) is 0 Å². The molecular formula is C19H22N2O4S2. The molecule has 1 aromatic carbocycles. The van der Waals surface area contributed by atoms with Crippen LogP contribution < -0.4 is 5.32 Å². The summed E-state index contributed by atoms with van der Waals surface area (Å²) in [6.45, 7) is 3.90. The molecule has 0 aromatic heterocycles. The molecule has 1 heterocycles. The van der Waals surface area contributed by atoms with Gasteiger partial charge in [-0.15, -0.1) is 0 Å². The van der Waals surface area contributed by atoms with Crippen molar-refractivity contribution in [3.63, 3.8) is 0 Å². The Labute approximate surface area is 168 Å². The number of rotatable bonds is 8. The number of carbonyl (C=O) groups excluding carboxylic acids is 2. The molecule has 1 fully saturated rings. The maximum atomic E-state index is 12.5. The van der Waals surface area contributed by atoms with Crippen LogP contribution in [0.2, 0.25) is 0 Å². The van der Waals surface area contributed by atoms with Gasteiger partial charge in [-0.3, -0.25) is 14.5 Å². The van der Waals surface area contributed by atoms with Gasteiger partial charge in [-0.05, 0) is 24.0 Å². The summed E-state index contributed by atoms with van der Waals surface area (Å²) in [6.07, 6.45) is 2.11. The Morgan fingerprint density at radius 3 is 2.56 bits per heavy atom. The van der Waals surface area contributed by atoms with Crippen molar-refractivity contribution in [3.05, 3.63) is 40.8 Å². The van der Waals surface area contributed by atoms with E-state index in [1.807, 2.05) is 44.2 Å². The first-order valence-electron chi connectivity index (χ1n) is 8.60. The van der Waals surface area contributed by atoms with E-state index in [1.165, 1.54) is 16.7 Å². The Balaban J connectivity index is 1.94. The minimum atomic E-state index is -1.06. The van der Waals surface area contributed by atoms with Crippen molar-refractivity contribution in [2.75, 3.05) is 6.54 Å². The molecule has 144 valence electrons. The largest absolute Gasteiger partial charge is 0.480 e. The maximum Gasteiger partial charge on any atom is 0.326 e. The fraction of sp³-hybridized carbons (Fsp3) is 0.368. The van der Waals surface area contributed by atoms with Crippen LogP contribution in [-0.2, 0) is 14.4 Å². The minimum Gasteiger partial charge on any atom is -0.480 e. The van der Waals surface area contributed by atoms with Gasteiger partial charge in [-0.25, -0.2) is 4.79 Å². The molecule has 8 heteroatoms. The minimum absolute atomic E-state index is 0.00701. The zero-order chi connectivity index (χ0) is 20.0. The van der Waals surface area contributed by atoms with Crippen LogP contribution in [0.25, 0.3) is 6.08 Å². The molecule has 0 bridgehead atoms. The lowest BCUT2D eigenvalue weighted by atomic mass is 10.0. The number of amides is 2. The number of carboxylic acids is 1. The van der Waals surface area contributed by atoms with Crippen LogP contribution in [0, 0.1) is 5.92 Å². The predicted octanol–water partition coefficient (Wildman–Crippen LogP) is 2.89. The molecule has 1 unspecified atom stereocenters. The summed E-state index contributed by atoms with van der Waals surface area (Å²) in [5, 5.41) is 11.7. The van der Waals surface area contributed by atoms with Crippen LogP contribution in [0.3, 0.4) is 0 Å². The van der Waals surface area contributed by atoms with Crippen LogP contribution in [0.4, 0.5) is 0 Å². The van der Waals surface area contributed by atoms with E-state index in [4.69, 9.17) is 12.2 Å². The smallest absolute Gasteiger partial charge is 0.326 e. The van der Waals surface area contributed by atoms with Crippen molar-refractivity contribution in [1.29, 1.82) is 0 Å². The number of hydrogen-bond acceptors (Lipinski definition) is 5. The molecule has 1 aromatic rings. The number of benzene rings is 1. The zero-order valence-electron chi connectivity index (χ0n) is 15.2. The average molecular weight is 407 g/mol. The van der Waals surface area contributed by atoms with Gasteiger partial charge in [0.15, 0.2) is 0 Å². The van der Waals surface area contributed by atoms with Gasteiger partial charge in [0.05, 0.1) is 4.91 Å². The Hall–Kier alpha value is -2.19. The van der Waals surface area contributed by atoms with Crippen LogP contribution in [0.5, 0.6) is 0 Å². The van der Waals surface area contributed by atoms with Crippen LogP contribution in [0.1, 0.15) is 32.3 Å². The van der Waals surface area contributed by atoms with E-state index in [1.54, 1.807) is 6.08 Å². The number of nitrogens with one attached hydrogen (secondary N) is 1. The molecule has 0 saturated carbocycles. The first kappa shape index (κ1) is 21.1. The Morgan fingerprint density at radius 2 is 1.96 bits per heavy atom. The standard InChI is InChI=1S/C19H22N2O4S2/c1-12(2)10-14(18(24)25)20-16(22)8-9-21-17(23)15(27-19(21)26)11-13-6-4-3-5-7-13/h3-7,11-12,14H,8-10H2,1-2H3,(H,20,22)(H,24,25). The quantitative estimate of drug-likeness (QED) is 0.510. The highest BCUT2D eigenvalue weighted by molar-refractivity contribution is 8.26. The maximum absolute atomic E-state index is 12.5. The Bertz CT molecular complexity index is 762. The van der Waals surface area contributed by atoms with Gasteiger partial charge >= 0.3 is 5.97 Å². The van der Waals surface area contributed by atoms with Gasteiger partial charge in [-0.1, -0.05) is 68.2 Å². The first-order valence-corrected chi connectivity index (χ1v) is 9.83. The molecule has 0 spiro atoms. The second-order valence-corrected chi connectivity index (χ2v) is 8.26. The van der Waals surface area contributed by atoms with Crippen molar-refractivity contribution in [1.82, 2.24) is 10.2 Å². The number of aliphatic carboxylic acids is 1. The Morgan fingerprint density at radius 1 is 1.30 bits per heavy atom. The lowest BCUT2D eigenvalue weighted by Crippen LogP contribution is -2.43. The van der Waals surface area contributed by atoms with Gasteiger partial charge in [0.25, 0.3) is 5.91 Å². The number of carbonyl (C=O) groups is 3. The molecule has 0 aliphatic carbocycles. The van der Waals surface area contributed by atoms with E-state index < -0.39 is 17.9 Å². The number of thioether (sulfide) groups is 1. The molecule has 0 radical (unpaired) electrons. The van der Waals surface area contributed by atoms with Crippen molar-refractivity contribution in [2.24, 2.45) is 5.92 Å². The SMILES string of the molecule is CC(C)CC(NC(=O)CCN1C(=O)C(=Cc2ccccc2)SC1=S)C(=O)O. The van der Waals surface area contributed by atoms with Crippen molar-refractivity contribution >= 4 is 52.2 Å². The molecule has 1 aliphatic rings. The van der Waals surface area contributed by atoms with E-state index >= 15 is 0 Å². The number of hydrogen-bond donors (Lipinski definition) is 2. The zero-order valence-corrected chi connectivity index (χ0v) is 16.8. The van der Waals surface area contributed by atoms with Crippen LogP contribution >= 0.6 is 24.0 Å². The highest BCUT2D eigenvalue weighted by Crippen LogP contribution is 2.32. The Kier molecular flexibility index (Phi) is 7.55. The fourth-order valence-corrected chi connectivity index (χ4v) is 3.87. The van der Waals surface area contributed by atoms with Gasteiger partial charge < -0.3 is 10.4 Å². The molecule has 2 N–H and O–H groups in total. The van der Waals surface area contributed by atoms with Crippen molar-refractivity contribution < 1.29 is 19.5 Å². The third-order valence-corrected chi connectivity index (χ3v) is 5.25. The normalized spacial score (nSPS) is 16.9. The van der Waals surface area contributed by atoms with Gasteiger partial charge in [0.2, 0.25) is 5.91 Å². The molecule has 2 rings (SSSR count). The van der Waals surface area contributed by atoms with Crippen LogP contribution in [-0.4, -0.2) is 44.7 Å². The van der Waals surface area contributed by atoms with E-state index in [0.29, 0.717) is 15.6 Å². The molecule has 1 saturated heterocycles. The molecule has 1 atom stereocenters. The summed E-state index contributed by atoms with van der Waals surface area (Å²) in [5.41, 5.74) is 0.897. The fourth-order valence-electron chi connectivity index (χ4n) is 2.57. The third kappa shape index (κ3) is 6.18. The molecule has 27 heavy (non-hydrogen) atoms. The summed E-state index contributed by atoms with van der Waals surface area (Å²) in [4.78, 5) is 37.8. The third-order valence-electron chi connectivity index (χ3n) is 3.87. The van der Waals surface area contributed by atoms with E-state index in [-0.39, 0.29) is 24.8 Å². The highest BCUT2D eigenvalue weighted by Gasteiger charge is 2.32. The number of thiocarbonyl (C=S) groups is 1. The molecular weight excluding hydrogens is 384 g/mol. The summed E-state index contributed by atoms with van der Waals surface area (Å²) in [5.74, 6) is -1.57. The van der Waals surface area contributed by atoms with Crippen LogP contribution in [0.15, 0.2) is 35.2 Å². The molecule has 2 amide bonds. The second-order valence-electron chi connectivity index (χ2n) is 6.58. The lowest BCUT2D eigenvalue weighted by molar-refractivity contribution is -0.142. The predicted molar refractivity (Wildman–Crippen MR) is 110 cm³/mol. The van der Waals surface area contributed by atoms with E-state index in [9.17, 15) is 19.5 Å². The second kappa shape index (κ2) is 9.66. The topological polar surface area (TPSA) is 86.7 Å². The lowest BCUT2D eigenvalue weighted by Gasteiger charge is -2.18. The van der Waals surface area contributed by atoms with E-state index in [0.717, 1.165) is 5.56 Å². The molecule has 6 nitrogen and oxygen atoms in total. The molecule has 1 aliphatic heterocycles. The summed E-state index contributed by atoms with van der Waals surface area (Å²) in [7, 11) is 0. The number of carboxylic acid groups (broad SMARTS) is 1. The monoisotopic (exact) mass is 406 g/mol.